The van der Waals surface area contributed by atoms with Crippen LogP contribution < -0.4 is 4.74 Å². The van der Waals surface area contributed by atoms with Crippen molar-refractivity contribution in [1.29, 1.82) is 0 Å². The molecule has 10 heteroatoms. The summed E-state index contributed by atoms with van der Waals surface area (Å²) in [5.74, 6) is -5.16. The lowest BCUT2D eigenvalue weighted by molar-refractivity contribution is -0.274. The predicted molar refractivity (Wildman–Crippen MR) is 85.2 cm³/mol. The largest absolute Gasteiger partial charge is 0.573 e. The highest BCUT2D eigenvalue weighted by molar-refractivity contribution is 8.00. The van der Waals surface area contributed by atoms with E-state index in [0.717, 1.165) is 36.0 Å². The van der Waals surface area contributed by atoms with E-state index in [1.165, 1.54) is 17.0 Å². The summed E-state index contributed by atoms with van der Waals surface area (Å²) in [5.41, 5.74) is 0.380. The van der Waals surface area contributed by atoms with Gasteiger partial charge in [-0.25, -0.2) is 13.2 Å². The molecule has 1 amide bonds. The van der Waals surface area contributed by atoms with Crippen molar-refractivity contribution in [3.63, 3.8) is 0 Å². The molecule has 1 heterocycles. The molecule has 0 bridgehead atoms. The molecule has 2 aromatic rings. The van der Waals surface area contributed by atoms with Gasteiger partial charge >= 0.3 is 6.36 Å². The van der Waals surface area contributed by atoms with Gasteiger partial charge in [-0.1, -0.05) is 12.1 Å². The lowest BCUT2D eigenvalue weighted by Crippen LogP contribution is -2.28. The molecule has 0 saturated carbocycles. The standard InChI is InChI=1S/C17H11F6NO2S/c18-12-4-9(5-13(19)15(12)20)7-24-14(25)8-27-16(24)10-2-1-3-11(6-10)26-17(21,22)23/h1-6,16H,7-8H2. The summed E-state index contributed by atoms with van der Waals surface area (Å²) in [6.07, 6.45) is -4.86. The van der Waals surface area contributed by atoms with Crippen LogP contribution in [-0.4, -0.2) is 22.9 Å². The van der Waals surface area contributed by atoms with Crippen molar-refractivity contribution in [2.24, 2.45) is 0 Å². The van der Waals surface area contributed by atoms with Crippen molar-refractivity contribution in [1.82, 2.24) is 4.90 Å². The van der Waals surface area contributed by atoms with Gasteiger partial charge in [0.2, 0.25) is 5.91 Å². The molecule has 1 aliphatic heterocycles. The van der Waals surface area contributed by atoms with E-state index in [1.807, 2.05) is 0 Å². The Morgan fingerprint density at radius 3 is 2.41 bits per heavy atom. The zero-order valence-corrected chi connectivity index (χ0v) is 14.2. The second-order valence-corrected chi connectivity index (χ2v) is 6.75. The number of alkyl halides is 3. The summed E-state index contributed by atoms with van der Waals surface area (Å²) >= 11 is 1.15. The SMILES string of the molecule is O=C1CSC(c2cccc(OC(F)(F)F)c2)N1Cc1cc(F)c(F)c(F)c1. The molecule has 0 aromatic heterocycles. The number of hydrogen-bond donors (Lipinski definition) is 0. The van der Waals surface area contributed by atoms with Gasteiger partial charge in [-0.05, 0) is 35.4 Å². The average Bonchev–Trinajstić information content (AvgIpc) is 2.92. The highest BCUT2D eigenvalue weighted by Gasteiger charge is 2.35. The molecule has 27 heavy (non-hydrogen) atoms. The third-order valence-corrected chi connectivity index (χ3v) is 5.00. The third kappa shape index (κ3) is 4.49. The van der Waals surface area contributed by atoms with E-state index in [1.54, 1.807) is 0 Å². The number of hydrogen-bond acceptors (Lipinski definition) is 3. The lowest BCUT2D eigenvalue weighted by Gasteiger charge is -2.25. The monoisotopic (exact) mass is 407 g/mol. The molecule has 0 spiro atoms. The Hall–Kier alpha value is -2.36. The quantitative estimate of drug-likeness (QED) is 0.540. The molecule has 1 aliphatic rings. The van der Waals surface area contributed by atoms with Gasteiger partial charge in [0.15, 0.2) is 17.5 Å². The van der Waals surface area contributed by atoms with Crippen molar-refractivity contribution in [3.05, 3.63) is 65.0 Å². The zero-order valence-electron chi connectivity index (χ0n) is 13.4. The first-order chi connectivity index (χ1) is 12.6. The number of amides is 1. The van der Waals surface area contributed by atoms with Gasteiger partial charge in [0, 0.05) is 6.54 Å². The third-order valence-electron chi connectivity index (χ3n) is 3.74. The predicted octanol–water partition coefficient (Wildman–Crippen LogP) is 4.78. The fourth-order valence-electron chi connectivity index (χ4n) is 2.66. The molecule has 0 radical (unpaired) electrons. The number of thioether (sulfide) groups is 1. The van der Waals surface area contributed by atoms with E-state index in [9.17, 15) is 31.1 Å². The summed E-state index contributed by atoms with van der Waals surface area (Å²) in [7, 11) is 0. The zero-order chi connectivity index (χ0) is 19.8. The van der Waals surface area contributed by atoms with Crippen molar-refractivity contribution in [3.8, 4) is 5.75 Å². The van der Waals surface area contributed by atoms with Crippen LogP contribution in [-0.2, 0) is 11.3 Å². The molecular weight excluding hydrogens is 396 g/mol. The van der Waals surface area contributed by atoms with Gasteiger partial charge in [-0.2, -0.15) is 0 Å². The maximum Gasteiger partial charge on any atom is 0.573 e. The van der Waals surface area contributed by atoms with Crippen LogP contribution in [0.15, 0.2) is 36.4 Å². The molecule has 3 rings (SSSR count). The molecular formula is C17H11F6NO2S. The molecule has 2 aromatic carbocycles. The maximum atomic E-state index is 13.4. The Kier molecular flexibility index (Phi) is 5.27. The Morgan fingerprint density at radius 2 is 1.78 bits per heavy atom. The van der Waals surface area contributed by atoms with Crippen LogP contribution in [0.1, 0.15) is 16.5 Å². The first kappa shape index (κ1) is 19.4. The average molecular weight is 407 g/mol. The number of carbonyl (C=O) groups is 1. The number of halogens is 6. The summed E-state index contributed by atoms with van der Waals surface area (Å²) < 4.78 is 80.9. The van der Waals surface area contributed by atoms with Gasteiger partial charge in [0.1, 0.15) is 11.1 Å². The van der Waals surface area contributed by atoms with Crippen molar-refractivity contribution in [2.75, 3.05) is 5.75 Å². The van der Waals surface area contributed by atoms with Crippen molar-refractivity contribution < 1.29 is 35.9 Å². The molecule has 0 aliphatic carbocycles. The normalized spacial score (nSPS) is 17.5. The first-order valence-electron chi connectivity index (χ1n) is 7.54. The van der Waals surface area contributed by atoms with Crippen LogP contribution >= 0.6 is 11.8 Å². The van der Waals surface area contributed by atoms with Gasteiger partial charge in [0.05, 0.1) is 5.75 Å². The van der Waals surface area contributed by atoms with Crippen LogP contribution in [0.4, 0.5) is 26.3 Å². The number of benzene rings is 2. The van der Waals surface area contributed by atoms with Crippen molar-refractivity contribution >= 4 is 17.7 Å². The van der Waals surface area contributed by atoms with E-state index in [-0.39, 0.29) is 23.8 Å². The fraction of sp³-hybridized carbons (Fsp3) is 0.235. The minimum absolute atomic E-state index is 0.0231. The Balaban J connectivity index is 1.86. The highest BCUT2D eigenvalue weighted by Crippen LogP contribution is 2.41. The lowest BCUT2D eigenvalue weighted by atomic mass is 10.1. The van der Waals surface area contributed by atoms with Gasteiger partial charge in [0.25, 0.3) is 0 Å². The second-order valence-electron chi connectivity index (χ2n) is 5.68. The fourth-order valence-corrected chi connectivity index (χ4v) is 3.84. The molecule has 1 atom stereocenters. The van der Waals surface area contributed by atoms with E-state index in [2.05, 4.69) is 4.74 Å². The van der Waals surface area contributed by atoms with Gasteiger partial charge in [-0.3, -0.25) is 4.79 Å². The van der Waals surface area contributed by atoms with Crippen LogP contribution in [0.5, 0.6) is 5.75 Å². The topological polar surface area (TPSA) is 29.5 Å². The summed E-state index contributed by atoms with van der Waals surface area (Å²) in [5, 5.41) is -0.676. The van der Waals surface area contributed by atoms with Crippen LogP contribution in [0.25, 0.3) is 0 Å². The van der Waals surface area contributed by atoms with Gasteiger partial charge in [-0.15, -0.1) is 24.9 Å². The first-order valence-corrected chi connectivity index (χ1v) is 8.59. The number of rotatable bonds is 4. The number of ether oxygens (including phenoxy) is 1. The van der Waals surface area contributed by atoms with E-state index in [4.69, 9.17) is 0 Å². The minimum atomic E-state index is -4.86. The minimum Gasteiger partial charge on any atom is -0.406 e. The van der Waals surface area contributed by atoms with E-state index in [0.29, 0.717) is 5.56 Å². The summed E-state index contributed by atoms with van der Waals surface area (Å²) in [6.45, 7) is -0.227. The van der Waals surface area contributed by atoms with E-state index >= 15 is 0 Å². The van der Waals surface area contributed by atoms with E-state index < -0.39 is 34.9 Å². The Morgan fingerprint density at radius 1 is 1.11 bits per heavy atom. The van der Waals surface area contributed by atoms with Crippen LogP contribution in [0, 0.1) is 17.5 Å². The molecule has 1 fully saturated rings. The second kappa shape index (κ2) is 7.34. The smallest absolute Gasteiger partial charge is 0.406 e. The van der Waals surface area contributed by atoms with Crippen LogP contribution in [0.3, 0.4) is 0 Å². The summed E-state index contributed by atoms with van der Waals surface area (Å²) in [6, 6.07) is 6.66. The molecule has 1 unspecified atom stereocenters. The van der Waals surface area contributed by atoms with Crippen molar-refractivity contribution in [2.45, 2.75) is 18.3 Å². The van der Waals surface area contributed by atoms with Crippen LogP contribution in [0.2, 0.25) is 0 Å². The molecule has 144 valence electrons. The number of carbonyl (C=O) groups excluding carboxylic acids is 1. The molecule has 3 nitrogen and oxygen atoms in total. The molecule has 0 N–H and O–H groups in total. The number of nitrogens with zero attached hydrogens (tertiary/aromatic N) is 1. The highest BCUT2D eigenvalue weighted by atomic mass is 32.2. The van der Waals surface area contributed by atoms with Gasteiger partial charge < -0.3 is 9.64 Å². The Labute approximate surface area is 153 Å². The summed E-state index contributed by atoms with van der Waals surface area (Å²) in [4.78, 5) is 13.4. The maximum absolute atomic E-state index is 13.4. The Bertz CT molecular complexity index is 850. The molecule has 1 saturated heterocycles.